The monoisotopic (exact) mass is 290 g/mol. The van der Waals surface area contributed by atoms with Gasteiger partial charge in [0.2, 0.25) is 0 Å². The molecule has 0 bridgehead atoms. The van der Waals surface area contributed by atoms with Gasteiger partial charge in [-0.25, -0.2) is 14.9 Å². The number of aromatic nitrogens is 1. The normalized spacial score (nSPS) is 11.5. The van der Waals surface area contributed by atoms with Crippen molar-refractivity contribution in [2.45, 2.75) is 32.7 Å². The van der Waals surface area contributed by atoms with Crippen LogP contribution in [0, 0.1) is 5.82 Å². The Morgan fingerprint density at radius 1 is 1.24 bits per heavy atom. The SMILES string of the molecule is CC(C)(C)c1ccc(Oc2ncc(CNO)cc2F)cc1. The minimum atomic E-state index is -0.567. The van der Waals surface area contributed by atoms with Crippen LogP contribution in [0.5, 0.6) is 11.6 Å². The van der Waals surface area contributed by atoms with Gasteiger partial charge in [0.05, 0.1) is 0 Å². The van der Waals surface area contributed by atoms with Gasteiger partial charge in [0, 0.05) is 12.7 Å². The molecule has 4 nitrogen and oxygen atoms in total. The number of rotatable bonds is 4. The number of benzene rings is 1. The molecule has 0 aliphatic carbocycles. The Hall–Kier alpha value is -1.98. The summed E-state index contributed by atoms with van der Waals surface area (Å²) in [5.41, 5.74) is 3.72. The van der Waals surface area contributed by atoms with Crippen LogP contribution in [0.25, 0.3) is 0 Å². The van der Waals surface area contributed by atoms with Gasteiger partial charge in [0.1, 0.15) is 5.75 Å². The molecular weight excluding hydrogens is 271 g/mol. The van der Waals surface area contributed by atoms with Gasteiger partial charge < -0.3 is 9.94 Å². The molecule has 0 unspecified atom stereocenters. The van der Waals surface area contributed by atoms with Crippen molar-refractivity contribution in [2.24, 2.45) is 0 Å². The summed E-state index contributed by atoms with van der Waals surface area (Å²) < 4.78 is 19.3. The maximum absolute atomic E-state index is 13.8. The van der Waals surface area contributed by atoms with Crippen molar-refractivity contribution < 1.29 is 14.3 Å². The van der Waals surface area contributed by atoms with Crippen LogP contribution in [-0.2, 0) is 12.0 Å². The summed E-state index contributed by atoms with van der Waals surface area (Å²) in [6.07, 6.45) is 1.45. The number of nitrogens with one attached hydrogen (secondary N) is 1. The average Bonchev–Trinajstić information content (AvgIpc) is 2.42. The van der Waals surface area contributed by atoms with Crippen LogP contribution in [0.3, 0.4) is 0 Å². The van der Waals surface area contributed by atoms with Gasteiger partial charge in [-0.1, -0.05) is 32.9 Å². The fourth-order valence-electron chi connectivity index (χ4n) is 1.86. The second-order valence-electron chi connectivity index (χ2n) is 5.84. The summed E-state index contributed by atoms with van der Waals surface area (Å²) in [6, 6.07) is 8.78. The number of halogens is 1. The summed E-state index contributed by atoms with van der Waals surface area (Å²) >= 11 is 0. The van der Waals surface area contributed by atoms with E-state index in [9.17, 15) is 4.39 Å². The molecule has 0 aliphatic rings. The van der Waals surface area contributed by atoms with E-state index in [0.29, 0.717) is 11.3 Å². The van der Waals surface area contributed by atoms with Crippen molar-refractivity contribution in [1.29, 1.82) is 0 Å². The molecule has 1 heterocycles. The Labute approximate surface area is 123 Å². The second kappa shape index (κ2) is 6.20. The summed E-state index contributed by atoms with van der Waals surface area (Å²) in [4.78, 5) is 3.91. The fourth-order valence-corrected chi connectivity index (χ4v) is 1.86. The Bertz CT molecular complexity index is 607. The van der Waals surface area contributed by atoms with Crippen LogP contribution in [0.1, 0.15) is 31.9 Å². The van der Waals surface area contributed by atoms with Gasteiger partial charge in [-0.3, -0.25) is 0 Å². The minimum Gasteiger partial charge on any atom is -0.436 e. The highest BCUT2D eigenvalue weighted by Crippen LogP contribution is 2.27. The van der Waals surface area contributed by atoms with Crippen LogP contribution in [0.15, 0.2) is 36.5 Å². The molecule has 2 N–H and O–H groups in total. The quantitative estimate of drug-likeness (QED) is 0.841. The summed E-state index contributed by atoms with van der Waals surface area (Å²) in [7, 11) is 0. The van der Waals surface area contributed by atoms with Gasteiger partial charge in [-0.15, -0.1) is 0 Å². The van der Waals surface area contributed by atoms with Crippen molar-refractivity contribution >= 4 is 0 Å². The molecule has 1 aromatic heterocycles. The highest BCUT2D eigenvalue weighted by Gasteiger charge is 2.14. The van der Waals surface area contributed by atoms with Gasteiger partial charge >= 0.3 is 0 Å². The third kappa shape index (κ3) is 4.00. The zero-order chi connectivity index (χ0) is 15.5. The third-order valence-corrected chi connectivity index (χ3v) is 3.08. The molecule has 112 valence electrons. The van der Waals surface area contributed by atoms with E-state index in [1.807, 2.05) is 17.6 Å². The predicted octanol–water partition coefficient (Wildman–Crippen LogP) is 3.79. The van der Waals surface area contributed by atoms with E-state index in [-0.39, 0.29) is 17.8 Å². The predicted molar refractivity (Wildman–Crippen MR) is 78.0 cm³/mol. The molecule has 1 aromatic carbocycles. The highest BCUT2D eigenvalue weighted by molar-refractivity contribution is 5.34. The van der Waals surface area contributed by atoms with Gasteiger partial charge in [0.25, 0.3) is 5.88 Å². The number of pyridine rings is 1. The Morgan fingerprint density at radius 3 is 2.43 bits per heavy atom. The van der Waals surface area contributed by atoms with Gasteiger partial charge in [-0.05, 0) is 34.7 Å². The summed E-state index contributed by atoms with van der Waals surface area (Å²) in [5.74, 6) is -0.120. The molecule has 5 heteroatoms. The fraction of sp³-hybridized carbons (Fsp3) is 0.312. The molecule has 0 amide bonds. The number of hydroxylamine groups is 1. The lowest BCUT2D eigenvalue weighted by Crippen LogP contribution is -2.10. The average molecular weight is 290 g/mol. The van der Waals surface area contributed by atoms with Crippen LogP contribution in [0.2, 0.25) is 0 Å². The first kappa shape index (κ1) is 15.4. The number of ether oxygens (including phenoxy) is 1. The topological polar surface area (TPSA) is 54.4 Å². The first-order valence-electron chi connectivity index (χ1n) is 6.70. The minimum absolute atomic E-state index is 0.0565. The second-order valence-corrected chi connectivity index (χ2v) is 5.84. The maximum Gasteiger partial charge on any atom is 0.255 e. The lowest BCUT2D eigenvalue weighted by atomic mass is 9.87. The van der Waals surface area contributed by atoms with Gasteiger partial charge in [0.15, 0.2) is 5.82 Å². The zero-order valence-corrected chi connectivity index (χ0v) is 12.4. The number of hydrogen-bond donors (Lipinski definition) is 2. The number of hydrogen-bond acceptors (Lipinski definition) is 4. The molecular formula is C16H19FN2O2. The largest absolute Gasteiger partial charge is 0.436 e. The van der Waals surface area contributed by atoms with Crippen LogP contribution >= 0.6 is 0 Å². The molecule has 21 heavy (non-hydrogen) atoms. The van der Waals surface area contributed by atoms with Crippen molar-refractivity contribution in [3.05, 3.63) is 53.5 Å². The van der Waals surface area contributed by atoms with E-state index in [1.165, 1.54) is 17.8 Å². The maximum atomic E-state index is 13.8. The Morgan fingerprint density at radius 2 is 1.90 bits per heavy atom. The molecule has 0 fully saturated rings. The molecule has 0 atom stereocenters. The van der Waals surface area contributed by atoms with E-state index in [0.717, 1.165) is 0 Å². The highest BCUT2D eigenvalue weighted by atomic mass is 19.1. The van der Waals surface area contributed by atoms with Crippen LogP contribution in [0.4, 0.5) is 4.39 Å². The van der Waals surface area contributed by atoms with E-state index in [4.69, 9.17) is 9.94 Å². The molecule has 0 saturated heterocycles. The molecule has 0 aliphatic heterocycles. The van der Waals surface area contributed by atoms with E-state index in [1.54, 1.807) is 12.1 Å². The zero-order valence-electron chi connectivity index (χ0n) is 12.4. The molecule has 2 rings (SSSR count). The standard InChI is InChI=1S/C16H19FN2O2/c1-16(2,3)12-4-6-13(7-5-12)21-15-14(17)8-11(9-18-15)10-19-20/h4-9,19-20H,10H2,1-3H3. The van der Waals surface area contributed by atoms with E-state index in [2.05, 4.69) is 25.8 Å². The van der Waals surface area contributed by atoms with Crippen LogP contribution in [-0.4, -0.2) is 10.2 Å². The third-order valence-electron chi connectivity index (χ3n) is 3.08. The van der Waals surface area contributed by atoms with E-state index < -0.39 is 5.82 Å². The molecule has 2 aromatic rings. The van der Waals surface area contributed by atoms with Crippen LogP contribution < -0.4 is 10.2 Å². The Kier molecular flexibility index (Phi) is 4.55. The Balaban J connectivity index is 2.15. The summed E-state index contributed by atoms with van der Waals surface area (Å²) in [5, 5.41) is 8.58. The first-order chi connectivity index (χ1) is 9.90. The van der Waals surface area contributed by atoms with Crippen molar-refractivity contribution in [2.75, 3.05) is 0 Å². The van der Waals surface area contributed by atoms with Crippen molar-refractivity contribution in [3.8, 4) is 11.6 Å². The first-order valence-corrected chi connectivity index (χ1v) is 6.70. The van der Waals surface area contributed by atoms with Gasteiger partial charge in [-0.2, -0.15) is 0 Å². The molecule has 0 spiro atoms. The number of nitrogens with zero attached hydrogens (tertiary/aromatic N) is 1. The molecule has 0 radical (unpaired) electrons. The lowest BCUT2D eigenvalue weighted by molar-refractivity contribution is 0.161. The van der Waals surface area contributed by atoms with Crippen molar-refractivity contribution in [3.63, 3.8) is 0 Å². The molecule has 0 saturated carbocycles. The summed E-state index contributed by atoms with van der Waals surface area (Å²) in [6.45, 7) is 6.50. The lowest BCUT2D eigenvalue weighted by Gasteiger charge is -2.19. The smallest absolute Gasteiger partial charge is 0.255 e. The van der Waals surface area contributed by atoms with E-state index >= 15 is 0 Å². The van der Waals surface area contributed by atoms with Crippen molar-refractivity contribution in [1.82, 2.24) is 10.5 Å².